The Balaban J connectivity index is 1.38. The summed E-state index contributed by atoms with van der Waals surface area (Å²) >= 11 is 6.56. The van der Waals surface area contributed by atoms with Crippen LogP contribution in [-0.2, 0) is 13.6 Å². The number of hydrogen-bond donors (Lipinski definition) is 1. The van der Waals surface area contributed by atoms with Crippen LogP contribution in [0.2, 0.25) is 5.02 Å². The second-order valence-corrected chi connectivity index (χ2v) is 7.74. The number of nitrogens with zero attached hydrogens (tertiary/aromatic N) is 7. The number of H-pyrrole nitrogens is 1. The summed E-state index contributed by atoms with van der Waals surface area (Å²) < 4.78 is 6.92. The van der Waals surface area contributed by atoms with Gasteiger partial charge in [0.15, 0.2) is 5.65 Å². The first-order valence-electron chi connectivity index (χ1n) is 9.49. The van der Waals surface area contributed by atoms with E-state index in [4.69, 9.17) is 16.1 Å². The molecule has 0 spiro atoms. The molecule has 1 aliphatic rings. The fraction of sp³-hybridized carbons (Fsp3) is 0.368. The van der Waals surface area contributed by atoms with Crippen LogP contribution in [0.25, 0.3) is 22.6 Å². The zero-order valence-electron chi connectivity index (χ0n) is 16.3. The molecule has 5 rings (SSSR count). The highest BCUT2D eigenvalue weighted by Crippen LogP contribution is 2.34. The molecule has 29 heavy (non-hydrogen) atoms. The summed E-state index contributed by atoms with van der Waals surface area (Å²) in [6, 6.07) is 1.99. The molecule has 150 valence electrons. The van der Waals surface area contributed by atoms with Crippen molar-refractivity contribution in [2.75, 3.05) is 31.1 Å². The predicted octanol–water partition coefficient (Wildman–Crippen LogP) is 2.63. The number of rotatable bonds is 4. The first kappa shape index (κ1) is 18.1. The molecule has 9 nitrogen and oxygen atoms in total. The number of imidazole rings is 1. The molecule has 0 radical (unpaired) electrons. The molecule has 1 fully saturated rings. The van der Waals surface area contributed by atoms with E-state index in [0.717, 1.165) is 66.8 Å². The number of halogens is 1. The third-order valence-electron chi connectivity index (χ3n) is 5.18. The van der Waals surface area contributed by atoms with E-state index in [-0.39, 0.29) is 0 Å². The molecule has 1 aliphatic heterocycles. The fourth-order valence-electron chi connectivity index (χ4n) is 3.76. The van der Waals surface area contributed by atoms with Crippen molar-refractivity contribution in [3.63, 3.8) is 0 Å². The molecule has 0 amide bonds. The van der Waals surface area contributed by atoms with Crippen molar-refractivity contribution in [2.45, 2.75) is 13.5 Å². The van der Waals surface area contributed by atoms with Gasteiger partial charge in [-0.05, 0) is 6.92 Å². The first-order valence-corrected chi connectivity index (χ1v) is 9.87. The second kappa shape index (κ2) is 7.16. The topological polar surface area (TPSA) is 91.9 Å². The van der Waals surface area contributed by atoms with Gasteiger partial charge in [-0.15, -0.1) is 0 Å². The molecule has 4 aromatic rings. The molecule has 0 aliphatic carbocycles. The first-order chi connectivity index (χ1) is 14.1. The Morgan fingerprint density at radius 1 is 1.21 bits per heavy atom. The zero-order chi connectivity index (χ0) is 20.0. The average molecular weight is 413 g/mol. The van der Waals surface area contributed by atoms with Crippen LogP contribution in [-0.4, -0.2) is 61.0 Å². The van der Waals surface area contributed by atoms with E-state index in [2.05, 4.69) is 35.0 Å². The zero-order valence-corrected chi connectivity index (χ0v) is 17.0. The van der Waals surface area contributed by atoms with Crippen LogP contribution in [0.5, 0.6) is 0 Å². The Morgan fingerprint density at radius 3 is 2.72 bits per heavy atom. The van der Waals surface area contributed by atoms with Crippen molar-refractivity contribution in [3.05, 3.63) is 41.1 Å². The minimum Gasteiger partial charge on any atom is -0.366 e. The number of nitrogens with one attached hydrogen (secondary N) is 1. The molecule has 0 atom stereocenters. The van der Waals surface area contributed by atoms with Crippen molar-refractivity contribution in [1.29, 1.82) is 0 Å². The van der Waals surface area contributed by atoms with Gasteiger partial charge in [0.2, 0.25) is 0 Å². The Kier molecular flexibility index (Phi) is 4.48. The molecule has 4 aromatic heterocycles. The number of aryl methyl sites for hydroxylation is 2. The summed E-state index contributed by atoms with van der Waals surface area (Å²) in [5, 5.41) is 8.94. The van der Waals surface area contributed by atoms with Gasteiger partial charge in [-0.2, -0.15) is 5.10 Å². The van der Waals surface area contributed by atoms with Crippen molar-refractivity contribution in [2.24, 2.45) is 7.05 Å². The van der Waals surface area contributed by atoms with Gasteiger partial charge >= 0.3 is 0 Å². The van der Waals surface area contributed by atoms with E-state index in [9.17, 15) is 0 Å². The van der Waals surface area contributed by atoms with E-state index in [0.29, 0.717) is 10.7 Å². The Bertz CT molecular complexity index is 1150. The lowest BCUT2D eigenvalue weighted by Gasteiger charge is -2.36. The summed E-state index contributed by atoms with van der Waals surface area (Å²) in [5.74, 6) is 1.58. The Hall–Kier alpha value is -2.91. The lowest BCUT2D eigenvalue weighted by atomic mass is 10.2. The molecule has 0 saturated carbocycles. The van der Waals surface area contributed by atoms with Crippen LogP contribution in [0.15, 0.2) is 29.2 Å². The molecular weight excluding hydrogens is 392 g/mol. The molecule has 1 saturated heterocycles. The fourth-order valence-corrected chi connectivity index (χ4v) is 4.02. The molecule has 1 N–H and O–H groups in total. The van der Waals surface area contributed by atoms with Crippen molar-refractivity contribution in [1.82, 2.24) is 34.8 Å². The summed E-state index contributed by atoms with van der Waals surface area (Å²) in [7, 11) is 1.88. The third kappa shape index (κ3) is 3.47. The molecular formula is C19H21ClN8O. The summed E-state index contributed by atoms with van der Waals surface area (Å²) in [5.41, 5.74) is 4.35. The monoisotopic (exact) mass is 412 g/mol. The highest BCUT2D eigenvalue weighted by Gasteiger charge is 2.23. The SMILES string of the molecule is Cc1cc(CN2CCN(c3c(Cl)cnc4nc(-c5cnn(C)c5)[nH]c34)CC2)no1. The van der Waals surface area contributed by atoms with Gasteiger partial charge in [-0.3, -0.25) is 9.58 Å². The van der Waals surface area contributed by atoms with Gasteiger partial charge < -0.3 is 14.4 Å². The van der Waals surface area contributed by atoms with Crippen LogP contribution in [0, 0.1) is 6.92 Å². The smallest absolute Gasteiger partial charge is 0.180 e. The van der Waals surface area contributed by atoms with Crippen LogP contribution < -0.4 is 4.90 Å². The van der Waals surface area contributed by atoms with E-state index < -0.39 is 0 Å². The molecule has 5 heterocycles. The Labute approximate surface area is 172 Å². The maximum Gasteiger partial charge on any atom is 0.180 e. The molecule has 0 unspecified atom stereocenters. The third-order valence-corrected chi connectivity index (χ3v) is 5.45. The normalized spacial score (nSPS) is 15.5. The van der Waals surface area contributed by atoms with Crippen molar-refractivity contribution >= 4 is 28.5 Å². The largest absolute Gasteiger partial charge is 0.366 e. The number of anilines is 1. The highest BCUT2D eigenvalue weighted by molar-refractivity contribution is 6.34. The average Bonchev–Trinajstić information content (AvgIpc) is 3.42. The van der Waals surface area contributed by atoms with Crippen LogP contribution >= 0.6 is 11.6 Å². The lowest BCUT2D eigenvalue weighted by molar-refractivity contribution is 0.242. The van der Waals surface area contributed by atoms with Crippen LogP contribution in [0.1, 0.15) is 11.5 Å². The van der Waals surface area contributed by atoms with Gasteiger partial charge in [-0.25, -0.2) is 9.97 Å². The second-order valence-electron chi connectivity index (χ2n) is 7.33. The van der Waals surface area contributed by atoms with Crippen LogP contribution in [0.4, 0.5) is 5.69 Å². The standard InChI is InChI=1S/C19H21ClN8O/c1-12-7-14(25-29-12)11-27-3-5-28(6-4-27)17-15(20)9-21-19-16(17)23-18(24-19)13-8-22-26(2)10-13/h7-10H,3-6,11H2,1-2H3,(H,21,23,24). The maximum absolute atomic E-state index is 6.56. The summed E-state index contributed by atoms with van der Waals surface area (Å²) in [4.78, 5) is 17.1. The minimum atomic E-state index is 0.625. The number of hydrogen-bond acceptors (Lipinski definition) is 7. The molecule has 10 heteroatoms. The van der Waals surface area contributed by atoms with Gasteiger partial charge in [0.25, 0.3) is 0 Å². The highest BCUT2D eigenvalue weighted by atomic mass is 35.5. The lowest BCUT2D eigenvalue weighted by Crippen LogP contribution is -2.46. The number of aromatic amines is 1. The van der Waals surface area contributed by atoms with Crippen molar-refractivity contribution in [3.8, 4) is 11.4 Å². The number of pyridine rings is 1. The number of fused-ring (bicyclic) bond motifs is 1. The maximum atomic E-state index is 6.56. The van der Waals surface area contributed by atoms with Gasteiger partial charge in [0, 0.05) is 52.0 Å². The molecule has 0 bridgehead atoms. The van der Waals surface area contributed by atoms with Gasteiger partial charge in [0.05, 0.1) is 34.4 Å². The molecule has 0 aromatic carbocycles. The van der Waals surface area contributed by atoms with E-state index >= 15 is 0 Å². The van der Waals surface area contributed by atoms with Gasteiger partial charge in [-0.1, -0.05) is 16.8 Å². The van der Waals surface area contributed by atoms with Crippen molar-refractivity contribution < 1.29 is 4.52 Å². The van der Waals surface area contributed by atoms with Gasteiger partial charge in [0.1, 0.15) is 17.1 Å². The quantitative estimate of drug-likeness (QED) is 0.550. The number of aromatic nitrogens is 6. The van der Waals surface area contributed by atoms with Crippen LogP contribution in [0.3, 0.4) is 0 Å². The summed E-state index contributed by atoms with van der Waals surface area (Å²) in [6.07, 6.45) is 5.38. The number of piperazine rings is 1. The minimum absolute atomic E-state index is 0.625. The van der Waals surface area contributed by atoms with E-state index in [1.54, 1.807) is 17.1 Å². The van der Waals surface area contributed by atoms with E-state index in [1.807, 2.05) is 26.2 Å². The summed E-state index contributed by atoms with van der Waals surface area (Å²) in [6.45, 7) is 6.24. The Morgan fingerprint density at radius 2 is 2.03 bits per heavy atom. The van der Waals surface area contributed by atoms with E-state index in [1.165, 1.54) is 0 Å². The predicted molar refractivity (Wildman–Crippen MR) is 110 cm³/mol.